The number of piperidine rings is 1. The number of carbonyl (C=O) groups excluding carboxylic acids is 3. The van der Waals surface area contributed by atoms with Crippen LogP contribution < -0.4 is 10.2 Å². The van der Waals surface area contributed by atoms with E-state index in [1.54, 1.807) is 4.90 Å². The van der Waals surface area contributed by atoms with Crippen LogP contribution in [0.4, 0.5) is 10.5 Å². The number of nitrogens with zero attached hydrogens (tertiary/aromatic N) is 4. The van der Waals surface area contributed by atoms with Crippen LogP contribution in [0.1, 0.15) is 58.4 Å². The van der Waals surface area contributed by atoms with Gasteiger partial charge in [-0.2, -0.15) is 5.26 Å². The molecule has 1 aromatic rings. The maximum atomic E-state index is 13.3. The molecule has 4 atom stereocenters. The molecule has 5 rings (SSSR count). The molecule has 9 nitrogen and oxygen atoms in total. The smallest absolute Gasteiger partial charge is 0.411 e. The topological polar surface area (TPSA) is 106 Å². The number of hydrogen-bond donors (Lipinski definition) is 1. The molecular weight excluding hydrogens is 482 g/mol. The minimum absolute atomic E-state index is 0.0207. The average molecular weight is 522 g/mol. The highest BCUT2D eigenvalue weighted by Crippen LogP contribution is 2.43. The summed E-state index contributed by atoms with van der Waals surface area (Å²) in [6.07, 6.45) is 4.60. The lowest BCUT2D eigenvalue weighted by atomic mass is 9.97. The maximum Gasteiger partial charge on any atom is 0.411 e. The fourth-order valence-corrected chi connectivity index (χ4v) is 6.14. The largest absolute Gasteiger partial charge is 0.444 e. The van der Waals surface area contributed by atoms with Gasteiger partial charge in [0, 0.05) is 50.2 Å². The number of anilines is 1. The van der Waals surface area contributed by atoms with Gasteiger partial charge in [0.1, 0.15) is 17.7 Å². The predicted molar refractivity (Wildman–Crippen MR) is 142 cm³/mol. The highest BCUT2D eigenvalue weighted by molar-refractivity contribution is 5.87. The Morgan fingerprint density at radius 1 is 1.05 bits per heavy atom. The second-order valence-corrected chi connectivity index (χ2v) is 12.2. The molecule has 0 spiro atoms. The van der Waals surface area contributed by atoms with Crippen LogP contribution in [-0.4, -0.2) is 77.6 Å². The molecule has 4 fully saturated rings. The van der Waals surface area contributed by atoms with Gasteiger partial charge in [0.15, 0.2) is 0 Å². The number of likely N-dealkylation sites (tertiary alicyclic amines) is 1. The summed E-state index contributed by atoms with van der Waals surface area (Å²) in [5, 5.41) is 12.7. The zero-order valence-electron chi connectivity index (χ0n) is 22.7. The van der Waals surface area contributed by atoms with Gasteiger partial charge in [-0.05, 0) is 76.5 Å². The van der Waals surface area contributed by atoms with Crippen molar-refractivity contribution in [1.29, 1.82) is 5.26 Å². The zero-order chi connectivity index (χ0) is 27.0. The summed E-state index contributed by atoms with van der Waals surface area (Å²) in [6, 6.07) is 9.05. The van der Waals surface area contributed by atoms with Crippen molar-refractivity contribution >= 4 is 23.6 Å². The first-order valence-corrected chi connectivity index (χ1v) is 14.0. The molecular formula is C29H39N5O4. The Hall–Kier alpha value is -3.28. The summed E-state index contributed by atoms with van der Waals surface area (Å²) in [5.74, 6) is 0.402. The minimum Gasteiger partial charge on any atom is -0.444 e. The van der Waals surface area contributed by atoms with E-state index in [1.807, 2.05) is 49.9 Å². The van der Waals surface area contributed by atoms with Crippen molar-refractivity contribution < 1.29 is 19.1 Å². The third-order valence-corrected chi connectivity index (χ3v) is 8.19. The summed E-state index contributed by atoms with van der Waals surface area (Å²) < 4.78 is 5.59. The molecule has 1 aromatic carbocycles. The Morgan fingerprint density at radius 3 is 2.34 bits per heavy atom. The molecule has 2 aliphatic heterocycles. The van der Waals surface area contributed by atoms with Gasteiger partial charge in [0.25, 0.3) is 0 Å². The van der Waals surface area contributed by atoms with Gasteiger partial charge >= 0.3 is 6.09 Å². The first kappa shape index (κ1) is 26.3. The summed E-state index contributed by atoms with van der Waals surface area (Å²) in [5.41, 5.74) is 1.42. The molecule has 4 unspecified atom stereocenters. The summed E-state index contributed by atoms with van der Waals surface area (Å²) in [6.45, 7) is 8.59. The van der Waals surface area contributed by atoms with Crippen LogP contribution in [0.3, 0.4) is 0 Å². The highest BCUT2D eigenvalue weighted by atomic mass is 16.6. The number of ether oxygens (including phenoxy) is 1. The van der Waals surface area contributed by atoms with Crippen molar-refractivity contribution in [2.24, 2.45) is 11.8 Å². The van der Waals surface area contributed by atoms with Gasteiger partial charge in [-0.1, -0.05) is 12.1 Å². The lowest BCUT2D eigenvalue weighted by molar-refractivity contribution is -0.132. The summed E-state index contributed by atoms with van der Waals surface area (Å²) in [7, 11) is 0. The predicted octanol–water partition coefficient (Wildman–Crippen LogP) is 3.08. The summed E-state index contributed by atoms with van der Waals surface area (Å²) >= 11 is 0. The molecule has 2 saturated heterocycles. The van der Waals surface area contributed by atoms with Crippen LogP contribution in [0.25, 0.3) is 0 Å². The Labute approximate surface area is 225 Å². The number of piperazine rings is 1. The minimum atomic E-state index is -0.690. The summed E-state index contributed by atoms with van der Waals surface area (Å²) in [4.78, 5) is 44.4. The van der Waals surface area contributed by atoms with Crippen LogP contribution >= 0.6 is 0 Å². The van der Waals surface area contributed by atoms with Gasteiger partial charge in [0.05, 0.1) is 6.07 Å². The van der Waals surface area contributed by atoms with Crippen LogP contribution in [0.15, 0.2) is 24.3 Å². The van der Waals surface area contributed by atoms with Crippen molar-refractivity contribution in [1.82, 2.24) is 15.1 Å². The van der Waals surface area contributed by atoms with E-state index in [0.29, 0.717) is 12.3 Å². The van der Waals surface area contributed by atoms with E-state index >= 15 is 0 Å². The van der Waals surface area contributed by atoms with Crippen molar-refractivity contribution in [3.8, 4) is 6.07 Å². The van der Waals surface area contributed by atoms with E-state index < -0.39 is 23.8 Å². The molecule has 9 heteroatoms. The van der Waals surface area contributed by atoms with E-state index in [0.717, 1.165) is 69.5 Å². The van der Waals surface area contributed by atoms with Gasteiger partial charge in [0.2, 0.25) is 11.8 Å². The van der Waals surface area contributed by atoms with E-state index in [4.69, 9.17) is 4.74 Å². The first-order chi connectivity index (χ1) is 18.1. The zero-order valence-corrected chi connectivity index (χ0v) is 22.7. The number of fused-ring (bicyclic) bond motifs is 2. The fraction of sp³-hybridized carbons (Fsp3) is 0.655. The van der Waals surface area contributed by atoms with Gasteiger partial charge in [-0.3, -0.25) is 14.5 Å². The van der Waals surface area contributed by atoms with Gasteiger partial charge in [-0.15, -0.1) is 0 Å². The number of nitrogens with one attached hydrogen (secondary N) is 1. The van der Waals surface area contributed by atoms with Crippen molar-refractivity contribution in [2.45, 2.75) is 83.0 Å². The maximum absolute atomic E-state index is 13.3. The van der Waals surface area contributed by atoms with Gasteiger partial charge in [-0.25, -0.2) is 4.79 Å². The third kappa shape index (κ3) is 5.74. The van der Waals surface area contributed by atoms with E-state index in [1.165, 1.54) is 0 Å². The van der Waals surface area contributed by atoms with Crippen molar-refractivity contribution in [3.63, 3.8) is 0 Å². The highest BCUT2D eigenvalue weighted by Gasteiger charge is 2.52. The van der Waals surface area contributed by atoms with Gasteiger partial charge < -0.3 is 19.9 Å². The number of rotatable bonds is 6. The number of carbonyl (C=O) groups is 3. The fourth-order valence-electron chi connectivity index (χ4n) is 6.14. The molecule has 2 bridgehead atoms. The molecule has 3 amide bonds. The Morgan fingerprint density at radius 2 is 1.74 bits per heavy atom. The van der Waals surface area contributed by atoms with Crippen LogP contribution in [-0.2, 0) is 20.7 Å². The second kappa shape index (κ2) is 10.5. The lowest BCUT2D eigenvalue weighted by Crippen LogP contribution is -2.55. The molecule has 204 valence electrons. The Balaban J connectivity index is 1.16. The van der Waals surface area contributed by atoms with Crippen LogP contribution in [0.5, 0.6) is 0 Å². The number of nitriles is 1. The molecule has 0 aromatic heterocycles. The monoisotopic (exact) mass is 521 g/mol. The molecule has 2 aliphatic carbocycles. The first-order valence-electron chi connectivity index (χ1n) is 14.0. The molecule has 38 heavy (non-hydrogen) atoms. The standard InChI is InChI=1S/C29H39N5O4/c1-29(2,3)38-28(37)34-24-11-8-21(17-24)25(34)26(35)31-22(18-30)16-19-4-9-23(10-5-19)32-12-14-33(15-13-32)27(36)20-6-7-20/h4-5,9-10,20-22,24-25H,6-8,11-17H2,1-3H3,(H,31,35). The normalized spacial score (nSPS) is 25.6. The SMILES string of the molecule is CC(C)(C)OC(=O)N1C2CCC(C2)C1C(=O)NC(C#N)Cc1ccc(N2CCN(C(=O)C3CC3)CC2)cc1. The molecule has 0 radical (unpaired) electrons. The Bertz CT molecular complexity index is 1100. The average Bonchev–Trinajstić information content (AvgIpc) is 3.54. The molecule has 1 N–H and O–H groups in total. The lowest BCUT2D eigenvalue weighted by Gasteiger charge is -2.36. The number of hydrogen-bond acceptors (Lipinski definition) is 6. The van der Waals surface area contributed by atoms with Crippen molar-refractivity contribution in [3.05, 3.63) is 29.8 Å². The molecule has 2 heterocycles. The molecule has 2 saturated carbocycles. The van der Waals surface area contributed by atoms with E-state index in [-0.39, 0.29) is 23.8 Å². The quantitative estimate of drug-likeness (QED) is 0.617. The van der Waals surface area contributed by atoms with Crippen LogP contribution in [0, 0.1) is 23.2 Å². The van der Waals surface area contributed by atoms with Crippen LogP contribution in [0.2, 0.25) is 0 Å². The number of benzene rings is 1. The van der Waals surface area contributed by atoms with E-state index in [2.05, 4.69) is 16.3 Å². The molecule has 4 aliphatic rings. The third-order valence-electron chi connectivity index (χ3n) is 8.19. The number of amides is 3. The Kier molecular flexibility index (Phi) is 7.26. The van der Waals surface area contributed by atoms with E-state index in [9.17, 15) is 19.6 Å². The second-order valence-electron chi connectivity index (χ2n) is 12.2. The van der Waals surface area contributed by atoms with Crippen molar-refractivity contribution in [2.75, 3.05) is 31.1 Å².